The van der Waals surface area contributed by atoms with Crippen LogP contribution >= 0.6 is 0 Å². The molecule has 5 aromatic rings. The fraction of sp³-hybridized carbons (Fsp3) is 0.171. The van der Waals surface area contributed by atoms with Crippen molar-refractivity contribution >= 4 is 46.2 Å². The molecule has 52 heavy (non-hydrogen) atoms. The number of hydrogen-bond acceptors (Lipinski definition) is 9. The topological polar surface area (TPSA) is 161 Å². The van der Waals surface area contributed by atoms with Crippen molar-refractivity contribution in [2.75, 3.05) is 34.4 Å². The number of benzene rings is 2. The van der Waals surface area contributed by atoms with Crippen LogP contribution in [0.3, 0.4) is 0 Å². The van der Waals surface area contributed by atoms with Crippen LogP contribution in [0.2, 0.25) is 0 Å². The standard InChI is InChI=1S/C41H31N7O4/c1-48-22-40(38(49)51-2)34-18-28-12-14-30(44-28)36(26-8-4-24(20-42)5-9-26)32-16-17-33(46-32)37(27-10-6-25(21-43)7-11-27)31-15-13-29(45-31)19-35(47-34)41(40,23-48)39(50)52-3/h4-19,44-45H,22-23H2,1-3H3/t40-,41+. The normalized spacial score (nSPS) is 19.0. The van der Waals surface area contributed by atoms with Crippen LogP contribution in [0.1, 0.15) is 33.9 Å². The lowest BCUT2D eigenvalue weighted by Crippen LogP contribution is -2.56. The van der Waals surface area contributed by atoms with E-state index in [2.05, 4.69) is 22.1 Å². The Hall–Kier alpha value is -6.82. The van der Waals surface area contributed by atoms with Crippen LogP contribution in [0.15, 0.2) is 84.9 Å². The number of likely N-dealkylation sites (tertiary alicyclic amines) is 1. The summed E-state index contributed by atoms with van der Waals surface area (Å²) < 4.78 is 10.9. The Morgan fingerprint density at radius 1 is 0.673 bits per heavy atom. The van der Waals surface area contributed by atoms with Crippen molar-refractivity contribution in [3.05, 3.63) is 119 Å². The number of hydrogen-bond donors (Lipinski definition) is 2. The van der Waals surface area contributed by atoms with Gasteiger partial charge in [0, 0.05) is 46.3 Å². The van der Waals surface area contributed by atoms with E-state index in [0.717, 1.165) is 33.3 Å². The molecule has 3 aromatic heterocycles. The van der Waals surface area contributed by atoms with Gasteiger partial charge < -0.3 is 24.3 Å². The van der Waals surface area contributed by atoms with E-state index in [1.807, 2.05) is 72.6 Å². The van der Waals surface area contributed by atoms with E-state index < -0.39 is 22.8 Å². The molecular formula is C41H31N7O4. The van der Waals surface area contributed by atoms with Crippen molar-refractivity contribution in [1.82, 2.24) is 24.8 Å². The summed E-state index contributed by atoms with van der Waals surface area (Å²) in [5.74, 6) is -1.18. The second kappa shape index (κ2) is 12.2. The van der Waals surface area contributed by atoms with E-state index in [1.165, 1.54) is 14.2 Å². The number of nitrogens with one attached hydrogen (secondary N) is 2. The summed E-state index contributed by atoms with van der Waals surface area (Å²) in [6, 6.07) is 30.2. The van der Waals surface area contributed by atoms with E-state index in [9.17, 15) is 20.1 Å². The Kier molecular flexibility index (Phi) is 7.60. The first kappa shape index (κ1) is 32.4. The average molecular weight is 686 g/mol. The first-order chi connectivity index (χ1) is 25.2. The van der Waals surface area contributed by atoms with E-state index in [4.69, 9.17) is 19.4 Å². The van der Waals surface area contributed by atoms with E-state index in [1.54, 1.807) is 36.4 Å². The van der Waals surface area contributed by atoms with Gasteiger partial charge in [0.1, 0.15) is 10.8 Å². The molecule has 0 unspecified atom stereocenters. The third kappa shape index (κ3) is 4.75. The molecule has 3 aliphatic rings. The molecule has 2 N–H and O–H groups in total. The maximum atomic E-state index is 14.1. The summed E-state index contributed by atoms with van der Waals surface area (Å²) in [5, 5.41) is 19.0. The predicted octanol–water partition coefficient (Wildman–Crippen LogP) is 6.03. The van der Waals surface area contributed by atoms with Crippen LogP contribution in [0.4, 0.5) is 0 Å². The zero-order valence-electron chi connectivity index (χ0n) is 28.5. The molecule has 0 saturated carbocycles. The molecule has 0 amide bonds. The van der Waals surface area contributed by atoms with Gasteiger partial charge in [0.05, 0.1) is 60.3 Å². The van der Waals surface area contributed by atoms with Crippen molar-refractivity contribution in [3.8, 4) is 34.4 Å². The second-order valence-corrected chi connectivity index (χ2v) is 13.1. The SMILES string of the molecule is COC(=O)[C@]12CN(C)C[C@@]1(C(=O)OC)c1cc3ccc([nH]3)c(-c3ccc(C#N)cc3)c3nc(c(-c4ccc(C#N)cc4)c4ccc(cc2n1)[nH]4)C=C3. The highest BCUT2D eigenvalue weighted by Gasteiger charge is 2.73. The first-order valence-corrected chi connectivity index (χ1v) is 16.5. The number of H-pyrrole nitrogens is 2. The summed E-state index contributed by atoms with van der Waals surface area (Å²) in [5.41, 5.74) is 6.14. The van der Waals surface area contributed by atoms with Crippen molar-refractivity contribution < 1.29 is 19.1 Å². The number of esters is 2. The fourth-order valence-corrected chi connectivity index (χ4v) is 7.93. The quantitative estimate of drug-likeness (QED) is 0.211. The van der Waals surface area contributed by atoms with Gasteiger partial charge in [-0.3, -0.25) is 14.6 Å². The predicted molar refractivity (Wildman–Crippen MR) is 195 cm³/mol. The highest BCUT2D eigenvalue weighted by Crippen LogP contribution is 2.54. The molecule has 1 fully saturated rings. The molecule has 0 aliphatic carbocycles. The minimum Gasteiger partial charge on any atom is -0.468 e. The molecule has 1 saturated heterocycles. The number of carbonyl (C=O) groups is 2. The highest BCUT2D eigenvalue weighted by molar-refractivity contribution is 6.00. The van der Waals surface area contributed by atoms with Gasteiger partial charge in [-0.15, -0.1) is 0 Å². The van der Waals surface area contributed by atoms with Gasteiger partial charge in [-0.05, 0) is 91.0 Å². The molecule has 6 heterocycles. The Labute approximate surface area is 298 Å². The molecule has 0 spiro atoms. The number of likely N-dealkylation sites (N-methyl/N-ethyl adjacent to an activating group) is 1. The van der Waals surface area contributed by atoms with Gasteiger partial charge >= 0.3 is 11.9 Å². The van der Waals surface area contributed by atoms with Gasteiger partial charge in [0.15, 0.2) is 0 Å². The summed E-state index contributed by atoms with van der Waals surface area (Å²) in [6.07, 6.45) is 3.91. The van der Waals surface area contributed by atoms with Gasteiger partial charge in [0.2, 0.25) is 0 Å². The number of fused-ring (bicyclic) bond motifs is 11. The molecule has 3 aliphatic heterocycles. The number of nitriles is 2. The Bertz CT molecular complexity index is 2420. The maximum Gasteiger partial charge on any atom is 0.320 e. The molecule has 254 valence electrons. The molecule has 8 bridgehead atoms. The lowest BCUT2D eigenvalue weighted by Gasteiger charge is -2.34. The minimum atomic E-state index is -1.51. The summed E-state index contributed by atoms with van der Waals surface area (Å²) >= 11 is 0. The number of aromatic nitrogens is 4. The van der Waals surface area contributed by atoms with Gasteiger partial charge in [-0.1, -0.05) is 24.3 Å². The van der Waals surface area contributed by atoms with E-state index >= 15 is 0 Å². The van der Waals surface area contributed by atoms with Gasteiger partial charge in [0.25, 0.3) is 0 Å². The Balaban J connectivity index is 1.54. The van der Waals surface area contributed by atoms with Crippen LogP contribution in [0.5, 0.6) is 0 Å². The number of methoxy groups -OCH3 is 2. The van der Waals surface area contributed by atoms with E-state index in [-0.39, 0.29) is 13.1 Å². The number of carbonyl (C=O) groups excluding carboxylic acids is 2. The average Bonchev–Trinajstić information content (AvgIpc) is 4.01. The molecule has 2 atom stereocenters. The van der Waals surface area contributed by atoms with Crippen molar-refractivity contribution in [2.24, 2.45) is 0 Å². The maximum absolute atomic E-state index is 14.1. The van der Waals surface area contributed by atoms with Crippen LogP contribution in [0.25, 0.3) is 56.5 Å². The van der Waals surface area contributed by atoms with Gasteiger partial charge in [-0.25, -0.2) is 4.98 Å². The Morgan fingerprint density at radius 3 is 1.48 bits per heavy atom. The molecule has 11 heteroatoms. The third-order valence-corrected chi connectivity index (χ3v) is 10.2. The molecular weight excluding hydrogens is 654 g/mol. The summed E-state index contributed by atoms with van der Waals surface area (Å²) in [4.78, 5) is 47.4. The highest BCUT2D eigenvalue weighted by atomic mass is 16.5. The van der Waals surface area contributed by atoms with Gasteiger partial charge in [-0.2, -0.15) is 10.5 Å². The fourth-order valence-electron chi connectivity index (χ4n) is 7.93. The molecule has 11 nitrogen and oxygen atoms in total. The molecule has 0 radical (unpaired) electrons. The van der Waals surface area contributed by atoms with Crippen LogP contribution in [-0.4, -0.2) is 71.1 Å². The smallest absolute Gasteiger partial charge is 0.320 e. The molecule has 8 rings (SSSR count). The van der Waals surface area contributed by atoms with Crippen molar-refractivity contribution in [2.45, 2.75) is 10.8 Å². The summed E-state index contributed by atoms with van der Waals surface area (Å²) in [6.45, 7) is 0.342. The molecule has 2 aromatic carbocycles. The minimum absolute atomic E-state index is 0.171. The summed E-state index contributed by atoms with van der Waals surface area (Å²) in [7, 11) is 4.49. The second-order valence-electron chi connectivity index (χ2n) is 13.1. The first-order valence-electron chi connectivity index (χ1n) is 16.5. The van der Waals surface area contributed by atoms with E-state index in [0.29, 0.717) is 44.9 Å². The lowest BCUT2D eigenvalue weighted by molar-refractivity contribution is -0.159. The number of ether oxygens (including phenoxy) is 2. The number of rotatable bonds is 4. The van der Waals surface area contributed by atoms with Crippen LogP contribution < -0.4 is 0 Å². The lowest BCUT2D eigenvalue weighted by atomic mass is 9.63. The number of aromatic amines is 2. The van der Waals surface area contributed by atoms with Crippen molar-refractivity contribution in [3.63, 3.8) is 0 Å². The van der Waals surface area contributed by atoms with Crippen LogP contribution in [-0.2, 0) is 29.9 Å². The monoisotopic (exact) mass is 685 g/mol. The Morgan fingerprint density at radius 2 is 1.10 bits per heavy atom. The largest absolute Gasteiger partial charge is 0.468 e. The van der Waals surface area contributed by atoms with Crippen molar-refractivity contribution in [1.29, 1.82) is 10.5 Å². The third-order valence-electron chi connectivity index (χ3n) is 10.2. The zero-order valence-corrected chi connectivity index (χ0v) is 28.5. The zero-order chi connectivity index (χ0) is 36.2. The number of nitrogens with zero attached hydrogens (tertiary/aromatic N) is 5. The van der Waals surface area contributed by atoms with Crippen LogP contribution in [0, 0.1) is 22.7 Å².